The lowest BCUT2D eigenvalue weighted by molar-refractivity contribution is 0.199. The number of hydrogen-bond donors (Lipinski definition) is 1. The molecule has 0 amide bonds. The molecule has 0 fully saturated rings. The maximum atomic E-state index is 14.0. The summed E-state index contributed by atoms with van der Waals surface area (Å²) in [6, 6.07) is 5.50. The van der Waals surface area contributed by atoms with Gasteiger partial charge in [0.05, 0.1) is 6.61 Å². The number of thioether (sulfide) groups is 1. The average Bonchev–Trinajstić information content (AvgIpc) is 2.50. The fourth-order valence-corrected chi connectivity index (χ4v) is 2.93. The van der Waals surface area contributed by atoms with Crippen LogP contribution in [0.3, 0.4) is 0 Å². The summed E-state index contributed by atoms with van der Waals surface area (Å²) in [4.78, 5) is 3.08. The number of rotatable bonds is 11. The molecule has 1 N–H and O–H groups in total. The van der Waals surface area contributed by atoms with Crippen molar-refractivity contribution >= 4 is 11.8 Å². The Morgan fingerprint density at radius 3 is 2.67 bits per heavy atom. The predicted molar refractivity (Wildman–Crippen MR) is 88.5 cm³/mol. The van der Waals surface area contributed by atoms with E-state index in [9.17, 15) is 4.39 Å². The first-order chi connectivity index (χ1) is 10.2. The normalized spacial score (nSPS) is 11.3. The van der Waals surface area contributed by atoms with Gasteiger partial charge in [0.15, 0.2) is 0 Å². The Morgan fingerprint density at radius 1 is 1.29 bits per heavy atom. The van der Waals surface area contributed by atoms with E-state index in [4.69, 9.17) is 4.74 Å². The average molecular weight is 314 g/mol. The second kappa shape index (κ2) is 11.0. The number of methoxy groups -OCH3 is 1. The van der Waals surface area contributed by atoms with Crippen molar-refractivity contribution in [3.05, 3.63) is 29.6 Å². The molecule has 0 bridgehead atoms. The molecule has 0 unspecified atom stereocenters. The first kappa shape index (κ1) is 18.4. The molecule has 0 radical (unpaired) electrons. The molecule has 0 aliphatic carbocycles. The summed E-state index contributed by atoms with van der Waals surface area (Å²) in [5, 5.41) is 3.22. The molecule has 1 rings (SSSR count). The van der Waals surface area contributed by atoms with Crippen molar-refractivity contribution in [2.75, 3.05) is 45.6 Å². The van der Waals surface area contributed by atoms with Gasteiger partial charge in [0.25, 0.3) is 0 Å². The second-order valence-electron chi connectivity index (χ2n) is 4.81. The fourth-order valence-electron chi connectivity index (χ4n) is 2.00. The van der Waals surface area contributed by atoms with Crippen molar-refractivity contribution in [2.45, 2.75) is 25.3 Å². The number of halogens is 1. The standard InChI is InChI=1S/C16H27FN2OS/c1-4-19(5-2)9-11-21-16-7-6-14(12-15(16)17)13-18-8-10-20-3/h6-7,12,18H,4-5,8-11,13H2,1-3H3. The van der Waals surface area contributed by atoms with Crippen molar-refractivity contribution in [2.24, 2.45) is 0 Å². The van der Waals surface area contributed by atoms with Crippen LogP contribution < -0.4 is 5.32 Å². The fraction of sp³-hybridized carbons (Fsp3) is 0.625. The summed E-state index contributed by atoms with van der Waals surface area (Å²) in [5.74, 6) is 0.801. The number of hydrogen-bond acceptors (Lipinski definition) is 4. The van der Waals surface area contributed by atoms with Crippen LogP contribution in [0.1, 0.15) is 19.4 Å². The van der Waals surface area contributed by atoms with Crippen LogP contribution in [0, 0.1) is 5.82 Å². The SMILES string of the molecule is CCN(CC)CCSc1ccc(CNCCOC)cc1F. The van der Waals surface area contributed by atoms with Crippen LogP contribution in [-0.4, -0.2) is 50.5 Å². The minimum atomic E-state index is -0.120. The molecule has 0 aromatic heterocycles. The van der Waals surface area contributed by atoms with Crippen molar-refractivity contribution < 1.29 is 9.13 Å². The lowest BCUT2D eigenvalue weighted by atomic mass is 10.2. The summed E-state index contributed by atoms with van der Waals surface area (Å²) in [6.07, 6.45) is 0. The van der Waals surface area contributed by atoms with Crippen LogP contribution in [0.5, 0.6) is 0 Å². The van der Waals surface area contributed by atoms with E-state index in [0.29, 0.717) is 13.2 Å². The summed E-state index contributed by atoms with van der Waals surface area (Å²) in [7, 11) is 1.67. The van der Waals surface area contributed by atoms with Gasteiger partial charge in [-0.05, 0) is 30.8 Å². The summed E-state index contributed by atoms with van der Waals surface area (Å²) in [6.45, 7) is 9.51. The molecular weight excluding hydrogens is 287 g/mol. The third kappa shape index (κ3) is 7.27. The van der Waals surface area contributed by atoms with Crippen molar-refractivity contribution in [3.8, 4) is 0 Å². The second-order valence-corrected chi connectivity index (χ2v) is 5.95. The molecule has 0 aliphatic rings. The number of nitrogens with zero attached hydrogens (tertiary/aromatic N) is 1. The van der Waals surface area contributed by atoms with E-state index >= 15 is 0 Å². The Morgan fingerprint density at radius 2 is 2.05 bits per heavy atom. The molecule has 1 aromatic carbocycles. The maximum absolute atomic E-state index is 14.0. The zero-order chi connectivity index (χ0) is 15.5. The van der Waals surface area contributed by atoms with Gasteiger partial charge < -0.3 is 15.0 Å². The summed E-state index contributed by atoms with van der Waals surface area (Å²) in [5.41, 5.74) is 0.969. The van der Waals surface area contributed by atoms with Gasteiger partial charge >= 0.3 is 0 Å². The topological polar surface area (TPSA) is 24.5 Å². The first-order valence-corrected chi connectivity index (χ1v) is 8.53. The molecule has 0 saturated carbocycles. The molecule has 1 aromatic rings. The van der Waals surface area contributed by atoms with E-state index in [-0.39, 0.29) is 5.82 Å². The predicted octanol–water partition coefficient (Wildman–Crippen LogP) is 3.00. The molecule has 21 heavy (non-hydrogen) atoms. The quantitative estimate of drug-likeness (QED) is 0.501. The van der Waals surface area contributed by atoms with Crippen LogP contribution in [0.2, 0.25) is 0 Å². The highest BCUT2D eigenvalue weighted by Crippen LogP contribution is 2.22. The van der Waals surface area contributed by atoms with Crippen LogP contribution in [0.4, 0.5) is 4.39 Å². The molecule has 0 aliphatic heterocycles. The van der Waals surface area contributed by atoms with Crippen molar-refractivity contribution in [1.29, 1.82) is 0 Å². The maximum Gasteiger partial charge on any atom is 0.137 e. The van der Waals surface area contributed by atoms with Gasteiger partial charge in [-0.3, -0.25) is 0 Å². The van der Waals surface area contributed by atoms with Crippen LogP contribution >= 0.6 is 11.8 Å². The molecule has 0 spiro atoms. The van der Waals surface area contributed by atoms with Crippen molar-refractivity contribution in [1.82, 2.24) is 10.2 Å². The Labute approximate surface area is 132 Å². The highest BCUT2D eigenvalue weighted by atomic mass is 32.2. The number of nitrogens with one attached hydrogen (secondary N) is 1. The van der Waals surface area contributed by atoms with Crippen LogP contribution in [0.25, 0.3) is 0 Å². The van der Waals surface area contributed by atoms with E-state index in [1.807, 2.05) is 12.1 Å². The summed E-state index contributed by atoms with van der Waals surface area (Å²) >= 11 is 1.59. The largest absolute Gasteiger partial charge is 0.383 e. The van der Waals surface area contributed by atoms with Gasteiger partial charge in [-0.25, -0.2) is 4.39 Å². The molecular formula is C16H27FN2OS. The lowest BCUT2D eigenvalue weighted by Gasteiger charge is -2.17. The van der Waals surface area contributed by atoms with Gasteiger partial charge in [-0.1, -0.05) is 19.9 Å². The van der Waals surface area contributed by atoms with Crippen LogP contribution in [0.15, 0.2) is 23.1 Å². The summed E-state index contributed by atoms with van der Waals surface area (Å²) < 4.78 is 19.0. The molecule has 0 saturated heterocycles. The number of ether oxygens (including phenoxy) is 1. The lowest BCUT2D eigenvalue weighted by Crippen LogP contribution is -2.25. The highest BCUT2D eigenvalue weighted by molar-refractivity contribution is 7.99. The van der Waals surface area contributed by atoms with E-state index in [2.05, 4.69) is 24.1 Å². The Bertz CT molecular complexity index is 400. The molecule has 0 atom stereocenters. The van der Waals surface area contributed by atoms with Crippen molar-refractivity contribution in [3.63, 3.8) is 0 Å². The molecule has 120 valence electrons. The number of benzene rings is 1. The Hall–Kier alpha value is -0.620. The first-order valence-electron chi connectivity index (χ1n) is 7.54. The third-order valence-corrected chi connectivity index (χ3v) is 4.40. The minimum Gasteiger partial charge on any atom is -0.383 e. The monoisotopic (exact) mass is 314 g/mol. The molecule has 5 heteroatoms. The van der Waals surface area contributed by atoms with Gasteiger partial charge in [0.2, 0.25) is 0 Å². The van der Waals surface area contributed by atoms with E-state index in [1.165, 1.54) is 0 Å². The third-order valence-electron chi connectivity index (χ3n) is 3.37. The Balaban J connectivity index is 2.39. The van der Waals surface area contributed by atoms with Gasteiger partial charge in [0, 0.05) is 37.4 Å². The van der Waals surface area contributed by atoms with Gasteiger partial charge in [-0.2, -0.15) is 0 Å². The van der Waals surface area contributed by atoms with E-state index < -0.39 is 0 Å². The Kier molecular flexibility index (Phi) is 9.67. The van der Waals surface area contributed by atoms with E-state index in [1.54, 1.807) is 24.9 Å². The van der Waals surface area contributed by atoms with Gasteiger partial charge in [-0.15, -0.1) is 11.8 Å². The van der Waals surface area contributed by atoms with Gasteiger partial charge in [0.1, 0.15) is 5.82 Å². The zero-order valence-electron chi connectivity index (χ0n) is 13.3. The zero-order valence-corrected chi connectivity index (χ0v) is 14.1. The highest BCUT2D eigenvalue weighted by Gasteiger charge is 2.06. The smallest absolute Gasteiger partial charge is 0.137 e. The van der Waals surface area contributed by atoms with Crippen LogP contribution in [-0.2, 0) is 11.3 Å². The van der Waals surface area contributed by atoms with E-state index in [0.717, 1.165) is 42.4 Å². The molecule has 3 nitrogen and oxygen atoms in total. The minimum absolute atomic E-state index is 0.120. The molecule has 0 heterocycles.